The highest BCUT2D eigenvalue weighted by atomic mass is 32.5. The van der Waals surface area contributed by atoms with Crippen LogP contribution in [-0.4, -0.2) is 0 Å². The predicted octanol–water partition coefficient (Wildman–Crippen LogP) is 13.7. The van der Waals surface area contributed by atoms with Gasteiger partial charge in [-0.3, -0.25) is 0 Å². The zero-order valence-corrected chi connectivity index (χ0v) is 32.1. The average molecular weight is 679 g/mol. The molecule has 0 aliphatic heterocycles. The van der Waals surface area contributed by atoms with Gasteiger partial charge >= 0.3 is 6.72 Å². The number of para-hydroxylation sites is 3. The SMILES string of the molecule is CCCCC(CC)Cc1ccccc1OP(=S)(Oc1ccccc1CC(CC)CCCC)Oc1ccccc1CC(CC)CCCC. The molecule has 0 amide bonds. The molecule has 0 aliphatic rings. The van der Waals surface area contributed by atoms with Crippen molar-refractivity contribution >= 4 is 18.5 Å². The minimum atomic E-state index is -3.35. The molecule has 0 aromatic heterocycles. The minimum Gasteiger partial charge on any atom is -0.407 e. The number of rotatable bonds is 24. The van der Waals surface area contributed by atoms with Gasteiger partial charge in [0.15, 0.2) is 0 Å². The van der Waals surface area contributed by atoms with Crippen LogP contribution in [0.2, 0.25) is 0 Å². The van der Waals surface area contributed by atoms with Crippen molar-refractivity contribution in [1.29, 1.82) is 0 Å². The number of benzene rings is 3. The van der Waals surface area contributed by atoms with Gasteiger partial charge in [-0.25, -0.2) is 0 Å². The van der Waals surface area contributed by atoms with Gasteiger partial charge in [0.2, 0.25) is 0 Å². The first-order valence-corrected chi connectivity index (χ1v) is 21.4. The Morgan fingerprint density at radius 2 is 0.745 bits per heavy atom. The van der Waals surface area contributed by atoms with E-state index in [2.05, 4.69) is 77.9 Å². The molecular formula is C42H63O3PS. The fourth-order valence-electron chi connectivity index (χ4n) is 6.46. The largest absolute Gasteiger partial charge is 0.490 e. The Labute approximate surface area is 293 Å². The van der Waals surface area contributed by atoms with E-state index in [-0.39, 0.29) is 0 Å². The highest BCUT2D eigenvalue weighted by molar-refractivity contribution is 8.08. The van der Waals surface area contributed by atoms with Crippen LogP contribution in [0, 0.1) is 17.8 Å². The van der Waals surface area contributed by atoms with Crippen molar-refractivity contribution in [1.82, 2.24) is 0 Å². The lowest BCUT2D eigenvalue weighted by Crippen LogP contribution is -2.13. The Bertz CT molecular complexity index is 1180. The van der Waals surface area contributed by atoms with E-state index in [1.54, 1.807) is 0 Å². The summed E-state index contributed by atoms with van der Waals surface area (Å²) in [6.07, 6.45) is 17.3. The lowest BCUT2D eigenvalue weighted by atomic mass is 9.92. The second kappa shape index (κ2) is 21.6. The lowest BCUT2D eigenvalue weighted by Gasteiger charge is -2.27. The van der Waals surface area contributed by atoms with E-state index in [1.807, 2.05) is 36.4 Å². The minimum absolute atomic E-state index is 0.601. The third kappa shape index (κ3) is 13.3. The van der Waals surface area contributed by atoms with Crippen LogP contribution in [0.4, 0.5) is 0 Å². The molecule has 5 heteroatoms. The molecule has 0 N–H and O–H groups in total. The molecule has 3 nitrogen and oxygen atoms in total. The summed E-state index contributed by atoms with van der Waals surface area (Å²) >= 11 is 6.41. The first kappa shape index (κ1) is 39.2. The van der Waals surface area contributed by atoms with Gasteiger partial charge in [0.05, 0.1) is 0 Å². The highest BCUT2D eigenvalue weighted by Gasteiger charge is 2.30. The highest BCUT2D eigenvalue weighted by Crippen LogP contribution is 2.52. The van der Waals surface area contributed by atoms with Crippen LogP contribution < -0.4 is 13.6 Å². The molecule has 0 heterocycles. The molecule has 0 fully saturated rings. The lowest BCUT2D eigenvalue weighted by molar-refractivity contribution is 0.370. The average Bonchev–Trinajstić information content (AvgIpc) is 3.08. The molecular weight excluding hydrogens is 616 g/mol. The molecule has 0 spiro atoms. The number of hydrogen-bond donors (Lipinski definition) is 0. The van der Waals surface area contributed by atoms with Gasteiger partial charge in [0.25, 0.3) is 0 Å². The fraction of sp³-hybridized carbons (Fsp3) is 0.571. The van der Waals surface area contributed by atoms with E-state index in [9.17, 15) is 0 Å². The van der Waals surface area contributed by atoms with Crippen molar-refractivity contribution in [2.24, 2.45) is 17.8 Å². The van der Waals surface area contributed by atoms with Crippen molar-refractivity contribution in [2.45, 2.75) is 138 Å². The molecule has 47 heavy (non-hydrogen) atoms. The summed E-state index contributed by atoms with van der Waals surface area (Å²) in [6.45, 7) is 10.3. The molecule has 3 unspecified atom stereocenters. The summed E-state index contributed by atoms with van der Waals surface area (Å²) in [5.41, 5.74) is 3.53. The van der Waals surface area contributed by atoms with Crippen molar-refractivity contribution < 1.29 is 13.6 Å². The Hall–Kier alpha value is -2.29. The van der Waals surface area contributed by atoms with Crippen LogP contribution in [-0.2, 0) is 31.1 Å². The van der Waals surface area contributed by atoms with Crippen molar-refractivity contribution in [3.8, 4) is 17.2 Å². The molecule has 3 rings (SSSR count). The Morgan fingerprint density at radius 1 is 0.468 bits per heavy atom. The number of hydrogen-bond acceptors (Lipinski definition) is 4. The molecule has 260 valence electrons. The second-order valence-electron chi connectivity index (χ2n) is 13.4. The van der Waals surface area contributed by atoms with Gasteiger partial charge in [-0.1, -0.05) is 173 Å². The fourth-order valence-corrected chi connectivity index (χ4v) is 8.56. The van der Waals surface area contributed by atoms with Gasteiger partial charge in [-0.15, -0.1) is 0 Å². The monoisotopic (exact) mass is 678 g/mol. The van der Waals surface area contributed by atoms with Crippen molar-refractivity contribution in [3.05, 3.63) is 89.5 Å². The van der Waals surface area contributed by atoms with Gasteiger partial charge in [0.1, 0.15) is 17.2 Å². The van der Waals surface area contributed by atoms with E-state index in [1.165, 1.54) is 74.5 Å². The standard InChI is InChI=1S/C42H63O3PS/c1-7-13-22-34(10-4)31-37-25-16-19-28-40(37)43-46(47,44-41-29-20-17-26-38(41)32-35(11-5)23-14-8-2)45-42-30-21-18-27-39(42)33-36(12-6)24-15-9-3/h16-21,25-30,34-36H,7-15,22-24,31-33H2,1-6H3. The first-order valence-electron chi connectivity index (χ1n) is 18.8. The van der Waals surface area contributed by atoms with E-state index in [0.29, 0.717) is 17.8 Å². The van der Waals surface area contributed by atoms with Gasteiger partial charge in [-0.05, 0) is 71.9 Å². The van der Waals surface area contributed by atoms with E-state index < -0.39 is 6.72 Å². The zero-order chi connectivity index (χ0) is 33.9. The van der Waals surface area contributed by atoms with Crippen LogP contribution in [0.15, 0.2) is 72.8 Å². The summed E-state index contributed by atoms with van der Waals surface area (Å²) in [6, 6.07) is 25.1. The van der Waals surface area contributed by atoms with Crippen LogP contribution in [0.25, 0.3) is 0 Å². The normalized spacial score (nSPS) is 14.6. The Balaban J connectivity index is 2.01. The summed E-state index contributed by atoms with van der Waals surface area (Å²) in [4.78, 5) is 0. The molecule has 0 saturated heterocycles. The smallest absolute Gasteiger partial charge is 0.407 e. The predicted molar refractivity (Wildman–Crippen MR) is 207 cm³/mol. The van der Waals surface area contributed by atoms with Crippen LogP contribution in [0.1, 0.15) is 135 Å². The summed E-state index contributed by atoms with van der Waals surface area (Å²) < 4.78 is 20.6. The zero-order valence-electron chi connectivity index (χ0n) is 30.3. The van der Waals surface area contributed by atoms with E-state index >= 15 is 0 Å². The van der Waals surface area contributed by atoms with Gasteiger partial charge < -0.3 is 13.6 Å². The van der Waals surface area contributed by atoms with Crippen molar-refractivity contribution in [3.63, 3.8) is 0 Å². The van der Waals surface area contributed by atoms with Crippen LogP contribution in [0.3, 0.4) is 0 Å². The molecule has 0 radical (unpaired) electrons. The molecule has 0 saturated carbocycles. The number of unbranched alkanes of at least 4 members (excludes halogenated alkanes) is 3. The maximum absolute atomic E-state index is 6.87. The van der Waals surface area contributed by atoms with Gasteiger partial charge in [-0.2, -0.15) is 0 Å². The molecule has 3 aromatic rings. The van der Waals surface area contributed by atoms with E-state index in [0.717, 1.165) is 55.8 Å². The van der Waals surface area contributed by atoms with Gasteiger partial charge in [0, 0.05) is 11.8 Å². The molecule has 0 aliphatic carbocycles. The Kier molecular flexibility index (Phi) is 18.0. The first-order chi connectivity index (χ1) is 22.9. The summed E-state index contributed by atoms with van der Waals surface area (Å²) in [5.74, 6) is 4.15. The molecule has 3 aromatic carbocycles. The topological polar surface area (TPSA) is 27.7 Å². The van der Waals surface area contributed by atoms with Crippen molar-refractivity contribution in [2.75, 3.05) is 0 Å². The Morgan fingerprint density at radius 3 is 1.00 bits per heavy atom. The van der Waals surface area contributed by atoms with Crippen LogP contribution in [0.5, 0.6) is 17.2 Å². The quantitative estimate of drug-likeness (QED) is 0.0882. The summed E-state index contributed by atoms with van der Waals surface area (Å²) in [7, 11) is 0. The third-order valence-corrected chi connectivity index (χ3v) is 11.6. The maximum Gasteiger partial charge on any atom is 0.490 e. The maximum atomic E-state index is 6.87. The van der Waals surface area contributed by atoms with E-state index in [4.69, 9.17) is 25.4 Å². The second-order valence-corrected chi connectivity index (χ2v) is 16.2. The molecule has 0 bridgehead atoms. The molecule has 3 atom stereocenters. The van der Waals surface area contributed by atoms with Crippen LogP contribution >= 0.6 is 6.72 Å². The third-order valence-electron chi connectivity index (χ3n) is 9.70. The summed E-state index contributed by atoms with van der Waals surface area (Å²) in [5, 5.41) is 0.